The Morgan fingerprint density at radius 1 is 1.28 bits per heavy atom. The van der Waals surface area contributed by atoms with Gasteiger partial charge < -0.3 is 10.5 Å². The summed E-state index contributed by atoms with van der Waals surface area (Å²) in [6.07, 6.45) is 9.94. The van der Waals surface area contributed by atoms with E-state index in [2.05, 4.69) is 11.5 Å². The van der Waals surface area contributed by atoms with E-state index in [9.17, 15) is 0 Å². The molecule has 1 fully saturated rings. The summed E-state index contributed by atoms with van der Waals surface area (Å²) >= 11 is 0. The molecule has 0 aromatic heterocycles. The van der Waals surface area contributed by atoms with E-state index in [0.717, 1.165) is 32.8 Å². The van der Waals surface area contributed by atoms with Crippen LogP contribution in [0.1, 0.15) is 38.5 Å². The van der Waals surface area contributed by atoms with E-state index in [1.807, 2.05) is 6.08 Å². The molecule has 0 unspecified atom stereocenters. The van der Waals surface area contributed by atoms with Gasteiger partial charge in [0.2, 0.25) is 0 Å². The summed E-state index contributed by atoms with van der Waals surface area (Å²) in [6, 6.07) is 0. The lowest BCUT2D eigenvalue weighted by Gasteiger charge is -2.38. The zero-order valence-electron chi connectivity index (χ0n) is 12.0. The monoisotopic (exact) mass is 254 g/mol. The van der Waals surface area contributed by atoms with Crippen molar-refractivity contribution in [1.29, 1.82) is 0 Å². The molecule has 0 aliphatic heterocycles. The second-order valence-electron chi connectivity index (χ2n) is 5.60. The fourth-order valence-corrected chi connectivity index (χ4v) is 2.95. The number of hydrogen-bond acceptors (Lipinski definition) is 3. The van der Waals surface area contributed by atoms with E-state index >= 15 is 0 Å². The number of methoxy groups -OCH3 is 1. The number of ether oxygens (including phenoxy) is 1. The van der Waals surface area contributed by atoms with E-state index in [1.165, 1.54) is 38.5 Å². The number of rotatable bonds is 9. The summed E-state index contributed by atoms with van der Waals surface area (Å²) in [4.78, 5) is 2.42. The summed E-state index contributed by atoms with van der Waals surface area (Å²) < 4.78 is 5.16. The Bertz CT molecular complexity index is 225. The van der Waals surface area contributed by atoms with Gasteiger partial charge in [-0.05, 0) is 37.8 Å². The van der Waals surface area contributed by atoms with Crippen molar-refractivity contribution >= 4 is 0 Å². The molecule has 106 valence electrons. The van der Waals surface area contributed by atoms with Crippen LogP contribution >= 0.6 is 0 Å². The van der Waals surface area contributed by atoms with E-state index in [1.54, 1.807) is 7.11 Å². The maximum Gasteiger partial charge on any atom is 0.0589 e. The van der Waals surface area contributed by atoms with Crippen LogP contribution in [0.2, 0.25) is 0 Å². The van der Waals surface area contributed by atoms with E-state index in [0.29, 0.717) is 5.41 Å². The molecule has 0 aromatic carbocycles. The first-order valence-corrected chi connectivity index (χ1v) is 7.28. The van der Waals surface area contributed by atoms with E-state index in [4.69, 9.17) is 10.5 Å². The second-order valence-corrected chi connectivity index (χ2v) is 5.60. The van der Waals surface area contributed by atoms with Gasteiger partial charge in [-0.15, -0.1) is 6.58 Å². The Morgan fingerprint density at radius 3 is 2.56 bits per heavy atom. The first kappa shape index (κ1) is 15.7. The van der Waals surface area contributed by atoms with Crippen LogP contribution in [-0.2, 0) is 4.74 Å². The van der Waals surface area contributed by atoms with Crippen molar-refractivity contribution in [2.45, 2.75) is 38.5 Å². The molecule has 0 atom stereocenters. The Labute approximate surface area is 112 Å². The van der Waals surface area contributed by atoms with Gasteiger partial charge in [-0.1, -0.05) is 25.3 Å². The molecule has 1 saturated carbocycles. The normalized spacial score (nSPS) is 19.1. The fraction of sp³-hybridized carbons (Fsp3) is 0.867. The maximum absolute atomic E-state index is 6.04. The van der Waals surface area contributed by atoms with Gasteiger partial charge in [0, 0.05) is 20.2 Å². The van der Waals surface area contributed by atoms with Crippen molar-refractivity contribution < 1.29 is 4.74 Å². The minimum absolute atomic E-state index is 0.407. The second kappa shape index (κ2) is 8.68. The third-order valence-electron chi connectivity index (χ3n) is 4.30. The Morgan fingerprint density at radius 2 is 2.00 bits per heavy atom. The first-order valence-electron chi connectivity index (χ1n) is 7.28. The summed E-state index contributed by atoms with van der Waals surface area (Å²) in [5, 5.41) is 0. The number of nitrogens with two attached hydrogens (primary N) is 1. The quantitative estimate of drug-likeness (QED) is 0.642. The lowest BCUT2D eigenvalue weighted by molar-refractivity contribution is 0.123. The van der Waals surface area contributed by atoms with Gasteiger partial charge in [0.25, 0.3) is 0 Å². The predicted octanol–water partition coefficient (Wildman–Crippen LogP) is 2.42. The molecule has 1 rings (SSSR count). The Hall–Kier alpha value is -0.380. The van der Waals surface area contributed by atoms with Crippen LogP contribution in [0.25, 0.3) is 0 Å². The van der Waals surface area contributed by atoms with Crippen LogP contribution in [0.3, 0.4) is 0 Å². The van der Waals surface area contributed by atoms with Gasteiger partial charge >= 0.3 is 0 Å². The SMILES string of the molecule is C=CCN(CCOC)CCC1(CN)CCCCC1. The summed E-state index contributed by atoms with van der Waals surface area (Å²) in [6.45, 7) is 8.53. The number of hydrogen-bond donors (Lipinski definition) is 1. The smallest absolute Gasteiger partial charge is 0.0589 e. The molecule has 1 aliphatic rings. The lowest BCUT2D eigenvalue weighted by Crippen LogP contribution is -2.38. The van der Waals surface area contributed by atoms with Gasteiger partial charge in [0.05, 0.1) is 6.61 Å². The highest BCUT2D eigenvalue weighted by Gasteiger charge is 2.30. The molecule has 0 bridgehead atoms. The average molecular weight is 254 g/mol. The van der Waals surface area contributed by atoms with Crippen LogP contribution in [0.5, 0.6) is 0 Å². The van der Waals surface area contributed by atoms with Crippen molar-refractivity contribution in [3.63, 3.8) is 0 Å². The maximum atomic E-state index is 6.04. The Balaban J connectivity index is 2.39. The fourth-order valence-electron chi connectivity index (χ4n) is 2.95. The zero-order chi connectivity index (χ0) is 13.3. The standard InChI is InChI=1S/C15H30N2O/c1-3-10-17(12-13-18-2)11-9-15(14-16)7-5-4-6-8-15/h3H,1,4-14,16H2,2H3. The third-order valence-corrected chi connectivity index (χ3v) is 4.30. The molecular weight excluding hydrogens is 224 g/mol. The molecule has 0 heterocycles. The lowest BCUT2D eigenvalue weighted by atomic mass is 9.72. The largest absolute Gasteiger partial charge is 0.383 e. The van der Waals surface area contributed by atoms with Crippen molar-refractivity contribution in [3.8, 4) is 0 Å². The molecule has 0 aromatic rings. The van der Waals surface area contributed by atoms with Crippen molar-refractivity contribution in [3.05, 3.63) is 12.7 Å². The van der Waals surface area contributed by atoms with Crippen molar-refractivity contribution in [2.24, 2.45) is 11.1 Å². The topological polar surface area (TPSA) is 38.5 Å². The number of nitrogens with zero attached hydrogens (tertiary/aromatic N) is 1. The summed E-state index contributed by atoms with van der Waals surface area (Å²) in [7, 11) is 1.76. The van der Waals surface area contributed by atoms with Gasteiger partial charge in [-0.25, -0.2) is 0 Å². The third kappa shape index (κ3) is 5.09. The summed E-state index contributed by atoms with van der Waals surface area (Å²) in [5.41, 5.74) is 6.44. The van der Waals surface area contributed by atoms with E-state index in [-0.39, 0.29) is 0 Å². The molecule has 18 heavy (non-hydrogen) atoms. The molecule has 3 heteroatoms. The molecule has 3 nitrogen and oxygen atoms in total. The molecule has 0 radical (unpaired) electrons. The van der Waals surface area contributed by atoms with Crippen LogP contribution < -0.4 is 5.73 Å². The predicted molar refractivity (Wildman–Crippen MR) is 77.7 cm³/mol. The van der Waals surface area contributed by atoms with Crippen LogP contribution in [0, 0.1) is 5.41 Å². The average Bonchev–Trinajstić information content (AvgIpc) is 2.43. The summed E-state index contributed by atoms with van der Waals surface area (Å²) in [5.74, 6) is 0. The highest BCUT2D eigenvalue weighted by Crippen LogP contribution is 2.38. The van der Waals surface area contributed by atoms with Gasteiger partial charge in [-0.3, -0.25) is 4.90 Å². The van der Waals surface area contributed by atoms with Gasteiger partial charge in [-0.2, -0.15) is 0 Å². The molecule has 0 spiro atoms. The molecule has 2 N–H and O–H groups in total. The zero-order valence-corrected chi connectivity index (χ0v) is 12.0. The van der Waals surface area contributed by atoms with Crippen LogP contribution in [0.4, 0.5) is 0 Å². The van der Waals surface area contributed by atoms with Crippen molar-refractivity contribution in [1.82, 2.24) is 4.90 Å². The highest BCUT2D eigenvalue weighted by atomic mass is 16.5. The van der Waals surface area contributed by atoms with Crippen LogP contribution in [-0.4, -0.2) is 44.8 Å². The molecular formula is C15H30N2O. The van der Waals surface area contributed by atoms with Crippen molar-refractivity contribution in [2.75, 3.05) is 39.9 Å². The Kier molecular flexibility index (Phi) is 7.56. The minimum Gasteiger partial charge on any atom is -0.383 e. The van der Waals surface area contributed by atoms with E-state index < -0.39 is 0 Å². The molecule has 0 amide bonds. The first-order chi connectivity index (χ1) is 8.76. The molecule has 1 aliphatic carbocycles. The highest BCUT2D eigenvalue weighted by molar-refractivity contribution is 4.85. The van der Waals surface area contributed by atoms with Crippen LogP contribution in [0.15, 0.2) is 12.7 Å². The van der Waals surface area contributed by atoms with Gasteiger partial charge in [0.1, 0.15) is 0 Å². The minimum atomic E-state index is 0.407. The molecule has 0 saturated heterocycles. The van der Waals surface area contributed by atoms with Gasteiger partial charge in [0.15, 0.2) is 0 Å².